The Balaban J connectivity index is 1.52. The summed E-state index contributed by atoms with van der Waals surface area (Å²) in [5.41, 5.74) is 0. The summed E-state index contributed by atoms with van der Waals surface area (Å²) >= 11 is 1.86. The second-order valence-electron chi connectivity index (χ2n) is 7.89. The minimum atomic E-state index is 0.442. The average molecular weight is 408 g/mol. The van der Waals surface area contributed by atoms with Gasteiger partial charge in [0.25, 0.3) is 0 Å². The van der Waals surface area contributed by atoms with E-state index in [1.165, 1.54) is 30.8 Å². The minimum Gasteiger partial charge on any atom is -0.379 e. The highest BCUT2D eigenvalue weighted by molar-refractivity contribution is 7.10. The van der Waals surface area contributed by atoms with Crippen LogP contribution in [0, 0.1) is 5.92 Å². The highest BCUT2D eigenvalue weighted by Gasteiger charge is 2.24. The number of aliphatic imine (C=N–C) groups is 1. The van der Waals surface area contributed by atoms with E-state index in [9.17, 15) is 0 Å². The summed E-state index contributed by atoms with van der Waals surface area (Å²) in [6.45, 7) is 14.4. The van der Waals surface area contributed by atoms with Crippen LogP contribution < -0.4 is 10.6 Å². The molecule has 2 unspecified atom stereocenters. The van der Waals surface area contributed by atoms with Crippen LogP contribution in [0.1, 0.15) is 37.6 Å². The number of thiophene rings is 1. The van der Waals surface area contributed by atoms with Gasteiger partial charge in [0.05, 0.1) is 19.3 Å². The Bertz CT molecular complexity index is 567. The van der Waals surface area contributed by atoms with Crippen molar-refractivity contribution >= 4 is 17.3 Å². The van der Waals surface area contributed by atoms with Gasteiger partial charge in [0.2, 0.25) is 0 Å². The molecule has 28 heavy (non-hydrogen) atoms. The maximum absolute atomic E-state index is 5.45. The SMILES string of the molecule is CCNC(=NCC(C)CN1CCOCC1)NCC(c1cccs1)N1CCCC1. The fourth-order valence-corrected chi connectivity index (χ4v) is 4.87. The van der Waals surface area contributed by atoms with Crippen molar-refractivity contribution in [2.75, 3.05) is 65.6 Å². The third-order valence-electron chi connectivity index (χ3n) is 5.49. The largest absolute Gasteiger partial charge is 0.379 e. The lowest BCUT2D eigenvalue weighted by molar-refractivity contribution is 0.0323. The zero-order chi connectivity index (χ0) is 19.6. The monoisotopic (exact) mass is 407 g/mol. The normalized spacial score (nSPS) is 21.6. The molecule has 2 fully saturated rings. The van der Waals surface area contributed by atoms with Crippen LogP contribution in [0.5, 0.6) is 0 Å². The first-order chi connectivity index (χ1) is 13.8. The van der Waals surface area contributed by atoms with E-state index >= 15 is 0 Å². The van der Waals surface area contributed by atoms with Gasteiger partial charge in [-0.3, -0.25) is 14.8 Å². The van der Waals surface area contributed by atoms with Crippen LogP contribution in [0.25, 0.3) is 0 Å². The average Bonchev–Trinajstić information content (AvgIpc) is 3.42. The maximum atomic E-state index is 5.45. The van der Waals surface area contributed by atoms with Gasteiger partial charge in [-0.1, -0.05) is 13.0 Å². The molecule has 2 atom stereocenters. The third-order valence-corrected chi connectivity index (χ3v) is 6.47. The molecule has 2 aliphatic heterocycles. The Morgan fingerprint density at radius 3 is 2.68 bits per heavy atom. The number of morpholine rings is 1. The van der Waals surface area contributed by atoms with Crippen molar-refractivity contribution in [3.63, 3.8) is 0 Å². The molecule has 0 saturated carbocycles. The molecule has 1 aromatic heterocycles. The molecule has 3 rings (SSSR count). The van der Waals surface area contributed by atoms with E-state index in [4.69, 9.17) is 9.73 Å². The smallest absolute Gasteiger partial charge is 0.191 e. The fourth-order valence-electron chi connectivity index (χ4n) is 4.01. The van der Waals surface area contributed by atoms with Crippen molar-refractivity contribution in [1.82, 2.24) is 20.4 Å². The zero-order valence-electron chi connectivity index (χ0n) is 17.5. The summed E-state index contributed by atoms with van der Waals surface area (Å²) in [6, 6.07) is 4.87. The van der Waals surface area contributed by atoms with Crippen molar-refractivity contribution in [2.45, 2.75) is 32.7 Å². The lowest BCUT2D eigenvalue weighted by atomic mass is 10.1. The number of hydrogen-bond acceptors (Lipinski definition) is 5. The first-order valence-corrected chi connectivity index (χ1v) is 11.7. The van der Waals surface area contributed by atoms with Crippen LogP contribution in [-0.4, -0.2) is 81.3 Å². The van der Waals surface area contributed by atoms with E-state index in [0.29, 0.717) is 12.0 Å². The lowest BCUT2D eigenvalue weighted by Gasteiger charge is -2.29. The molecule has 1 aromatic rings. The topological polar surface area (TPSA) is 52.1 Å². The van der Waals surface area contributed by atoms with Crippen LogP contribution in [0.2, 0.25) is 0 Å². The molecule has 0 aliphatic carbocycles. The third kappa shape index (κ3) is 6.72. The van der Waals surface area contributed by atoms with Crippen molar-refractivity contribution < 1.29 is 4.74 Å². The van der Waals surface area contributed by atoms with Crippen molar-refractivity contribution in [3.8, 4) is 0 Å². The van der Waals surface area contributed by atoms with E-state index in [2.05, 4.69) is 51.8 Å². The van der Waals surface area contributed by atoms with E-state index in [0.717, 1.165) is 58.4 Å². The number of nitrogens with zero attached hydrogens (tertiary/aromatic N) is 3. The maximum Gasteiger partial charge on any atom is 0.191 e. The molecule has 0 radical (unpaired) electrons. The summed E-state index contributed by atoms with van der Waals surface area (Å²) in [5.74, 6) is 1.48. The van der Waals surface area contributed by atoms with Gasteiger partial charge < -0.3 is 15.4 Å². The molecular formula is C21H37N5OS. The standard InChI is InChI=1S/C21H37N5OS/c1-3-22-21(23-15-18(2)17-25-10-12-27-13-11-25)24-16-19(20-7-6-14-28-20)26-8-4-5-9-26/h6-7,14,18-19H,3-5,8-13,15-17H2,1-2H3,(H2,22,23,24). The first-order valence-electron chi connectivity index (χ1n) is 10.9. The van der Waals surface area contributed by atoms with Gasteiger partial charge in [0, 0.05) is 44.1 Å². The van der Waals surface area contributed by atoms with Crippen LogP contribution in [0.3, 0.4) is 0 Å². The van der Waals surface area contributed by atoms with Crippen molar-refractivity contribution in [1.29, 1.82) is 0 Å². The van der Waals surface area contributed by atoms with Gasteiger partial charge in [-0.2, -0.15) is 0 Å². The van der Waals surface area contributed by atoms with Crippen molar-refractivity contribution in [2.24, 2.45) is 10.9 Å². The highest BCUT2D eigenvalue weighted by Crippen LogP contribution is 2.27. The Labute approximate surface area is 174 Å². The predicted molar refractivity (Wildman–Crippen MR) is 118 cm³/mol. The van der Waals surface area contributed by atoms with Gasteiger partial charge >= 0.3 is 0 Å². The van der Waals surface area contributed by atoms with E-state index in [-0.39, 0.29) is 0 Å². The molecule has 0 aromatic carbocycles. The molecule has 7 heteroatoms. The van der Waals surface area contributed by atoms with Crippen LogP contribution in [-0.2, 0) is 4.74 Å². The molecule has 0 amide bonds. The second-order valence-corrected chi connectivity index (χ2v) is 8.87. The van der Waals surface area contributed by atoms with Crippen LogP contribution in [0.4, 0.5) is 0 Å². The van der Waals surface area contributed by atoms with Gasteiger partial charge in [0.1, 0.15) is 0 Å². The van der Waals surface area contributed by atoms with Gasteiger partial charge in [-0.05, 0) is 50.2 Å². The van der Waals surface area contributed by atoms with E-state index in [1.807, 2.05) is 11.3 Å². The van der Waals surface area contributed by atoms with Crippen LogP contribution >= 0.6 is 11.3 Å². The number of nitrogens with one attached hydrogen (secondary N) is 2. The molecule has 3 heterocycles. The summed E-state index contributed by atoms with van der Waals surface area (Å²) in [7, 11) is 0. The van der Waals surface area contributed by atoms with Crippen molar-refractivity contribution in [3.05, 3.63) is 22.4 Å². The highest BCUT2D eigenvalue weighted by atomic mass is 32.1. The summed E-state index contributed by atoms with van der Waals surface area (Å²) in [4.78, 5) is 11.4. The van der Waals surface area contributed by atoms with Gasteiger partial charge in [-0.15, -0.1) is 11.3 Å². The van der Waals surface area contributed by atoms with Gasteiger partial charge in [-0.25, -0.2) is 0 Å². The Kier molecular flexibility index (Phi) is 9.05. The molecule has 158 valence electrons. The summed E-state index contributed by atoms with van der Waals surface area (Å²) in [6.07, 6.45) is 2.63. The lowest BCUT2D eigenvalue weighted by Crippen LogP contribution is -2.43. The van der Waals surface area contributed by atoms with Gasteiger partial charge in [0.15, 0.2) is 5.96 Å². The number of guanidine groups is 1. The quantitative estimate of drug-likeness (QED) is 0.486. The Hall–Kier alpha value is -1.15. The molecule has 0 spiro atoms. The first kappa shape index (κ1) is 21.6. The molecule has 0 bridgehead atoms. The Morgan fingerprint density at radius 2 is 2.00 bits per heavy atom. The molecule has 2 aliphatic rings. The minimum absolute atomic E-state index is 0.442. The van der Waals surface area contributed by atoms with E-state index < -0.39 is 0 Å². The summed E-state index contributed by atoms with van der Waals surface area (Å²) in [5, 5.41) is 9.22. The number of rotatable bonds is 9. The fraction of sp³-hybridized carbons (Fsp3) is 0.762. The number of ether oxygens (including phenoxy) is 1. The summed E-state index contributed by atoms with van der Waals surface area (Å²) < 4.78 is 5.45. The predicted octanol–water partition coefficient (Wildman–Crippen LogP) is 2.41. The molecule has 6 nitrogen and oxygen atoms in total. The molecular weight excluding hydrogens is 370 g/mol. The van der Waals surface area contributed by atoms with Crippen LogP contribution in [0.15, 0.2) is 22.5 Å². The second kappa shape index (κ2) is 11.8. The number of hydrogen-bond donors (Lipinski definition) is 2. The molecule has 2 saturated heterocycles. The van der Waals surface area contributed by atoms with E-state index in [1.54, 1.807) is 0 Å². The Morgan fingerprint density at radius 1 is 1.21 bits per heavy atom. The molecule has 2 N–H and O–H groups in total. The zero-order valence-corrected chi connectivity index (χ0v) is 18.3. The number of likely N-dealkylation sites (tertiary alicyclic amines) is 1.